The number of allylic oxidation sites excluding steroid dienone is 3. The number of carbonyl (C=O) groups is 1. The highest BCUT2D eigenvalue weighted by molar-refractivity contribution is 6.08. The molecule has 22 heavy (non-hydrogen) atoms. The number of carbonyl (C=O) groups excluding carboxylic acids is 1. The fourth-order valence-electron chi connectivity index (χ4n) is 2.15. The fourth-order valence-corrected chi connectivity index (χ4v) is 2.15. The minimum atomic E-state index is -0.00669. The summed E-state index contributed by atoms with van der Waals surface area (Å²) in [6.45, 7) is 10.9. The quantitative estimate of drug-likeness (QED) is 0.451. The van der Waals surface area contributed by atoms with Gasteiger partial charge in [-0.2, -0.15) is 0 Å². The van der Waals surface area contributed by atoms with Crippen LogP contribution in [0.15, 0.2) is 41.7 Å². The Balaban J connectivity index is 3.54. The fraction of sp³-hybridized carbons (Fsp3) is 0.278. The van der Waals surface area contributed by atoms with E-state index in [9.17, 15) is 4.79 Å². The molecule has 116 valence electrons. The van der Waals surface area contributed by atoms with E-state index in [0.29, 0.717) is 28.5 Å². The van der Waals surface area contributed by atoms with E-state index < -0.39 is 0 Å². The van der Waals surface area contributed by atoms with Crippen molar-refractivity contribution in [1.29, 1.82) is 0 Å². The molecule has 0 amide bonds. The lowest BCUT2D eigenvalue weighted by molar-refractivity contribution is 0.101. The highest BCUT2D eigenvalue weighted by atomic mass is 16.5. The maximum Gasteiger partial charge on any atom is 0.209 e. The molecule has 0 aliphatic heterocycles. The Morgan fingerprint density at radius 1 is 1.41 bits per heavy atom. The van der Waals surface area contributed by atoms with Gasteiger partial charge in [-0.25, -0.2) is 4.99 Å². The number of Topliss-reactive ketones (excluding diaryl/α,β-unsaturated/α-hetero) is 1. The Labute approximate surface area is 131 Å². The number of hydrogen-bond acceptors (Lipinski definition) is 4. The number of ketones is 1. The molecule has 0 unspecified atom stereocenters. The molecule has 0 atom stereocenters. The molecule has 0 saturated heterocycles. The minimum Gasteiger partial charge on any atom is -0.481 e. The van der Waals surface area contributed by atoms with E-state index in [1.807, 2.05) is 39.0 Å². The molecular formula is C18H22N2O2. The molecule has 1 rings (SSSR count). The second-order valence-electron chi connectivity index (χ2n) is 4.65. The van der Waals surface area contributed by atoms with E-state index in [1.165, 1.54) is 0 Å². The number of ether oxygens (including phenoxy) is 1. The SMILES string of the molecule is C=C/C(=N\C(=C/C)OC)c1cc(/C=C\C)c(C(C)=O)c(C)n1. The van der Waals surface area contributed by atoms with Crippen LogP contribution in [-0.2, 0) is 4.74 Å². The van der Waals surface area contributed by atoms with Gasteiger partial charge in [-0.1, -0.05) is 18.7 Å². The molecule has 4 heteroatoms. The van der Waals surface area contributed by atoms with Crippen LogP contribution in [-0.4, -0.2) is 23.6 Å². The normalized spacial score (nSPS) is 12.6. The van der Waals surface area contributed by atoms with Crippen LogP contribution in [0.4, 0.5) is 0 Å². The van der Waals surface area contributed by atoms with Crippen LogP contribution >= 0.6 is 0 Å². The highest BCUT2D eigenvalue weighted by Gasteiger charge is 2.14. The summed E-state index contributed by atoms with van der Waals surface area (Å²) in [5, 5.41) is 0. The zero-order chi connectivity index (χ0) is 16.7. The lowest BCUT2D eigenvalue weighted by atomic mass is 10.0. The predicted molar refractivity (Wildman–Crippen MR) is 91.2 cm³/mol. The van der Waals surface area contributed by atoms with Crippen molar-refractivity contribution in [3.63, 3.8) is 0 Å². The monoisotopic (exact) mass is 298 g/mol. The molecule has 0 aliphatic carbocycles. The van der Waals surface area contributed by atoms with Gasteiger partial charge < -0.3 is 4.74 Å². The molecule has 0 N–H and O–H groups in total. The summed E-state index contributed by atoms with van der Waals surface area (Å²) in [5.74, 6) is 0.477. The second kappa shape index (κ2) is 8.08. The number of aromatic nitrogens is 1. The van der Waals surface area contributed by atoms with Gasteiger partial charge in [-0.3, -0.25) is 9.78 Å². The smallest absolute Gasteiger partial charge is 0.209 e. The molecule has 4 nitrogen and oxygen atoms in total. The minimum absolute atomic E-state index is 0.00669. The van der Waals surface area contributed by atoms with Crippen LogP contribution in [0.5, 0.6) is 0 Å². The average molecular weight is 298 g/mol. The zero-order valence-corrected chi connectivity index (χ0v) is 13.8. The Hall–Kier alpha value is -2.49. The summed E-state index contributed by atoms with van der Waals surface area (Å²) in [7, 11) is 1.56. The van der Waals surface area contributed by atoms with Crippen molar-refractivity contribution in [3.8, 4) is 0 Å². The Morgan fingerprint density at radius 2 is 2.09 bits per heavy atom. The summed E-state index contributed by atoms with van der Waals surface area (Å²) >= 11 is 0. The van der Waals surface area contributed by atoms with Crippen LogP contribution in [0, 0.1) is 6.92 Å². The molecule has 0 bridgehead atoms. The summed E-state index contributed by atoms with van der Waals surface area (Å²) in [6, 6.07) is 1.84. The maximum absolute atomic E-state index is 11.8. The first-order valence-corrected chi connectivity index (χ1v) is 7.05. The molecule has 1 aromatic heterocycles. The molecule has 0 spiro atoms. The zero-order valence-electron chi connectivity index (χ0n) is 13.8. The van der Waals surface area contributed by atoms with Crippen LogP contribution in [0.3, 0.4) is 0 Å². The van der Waals surface area contributed by atoms with E-state index in [1.54, 1.807) is 26.2 Å². The molecule has 1 aromatic rings. The van der Waals surface area contributed by atoms with Gasteiger partial charge >= 0.3 is 0 Å². The van der Waals surface area contributed by atoms with Crippen molar-refractivity contribution >= 4 is 17.6 Å². The third kappa shape index (κ3) is 4.01. The van der Waals surface area contributed by atoms with Crippen molar-refractivity contribution in [3.05, 3.63) is 59.3 Å². The first-order valence-electron chi connectivity index (χ1n) is 7.05. The molecular weight excluding hydrogens is 276 g/mol. The molecule has 0 saturated carbocycles. The van der Waals surface area contributed by atoms with Gasteiger partial charge in [0.25, 0.3) is 0 Å². The topological polar surface area (TPSA) is 51.5 Å². The number of pyridine rings is 1. The van der Waals surface area contributed by atoms with Gasteiger partial charge in [-0.05, 0) is 51.5 Å². The highest BCUT2D eigenvalue weighted by Crippen LogP contribution is 2.18. The molecule has 0 fully saturated rings. The van der Waals surface area contributed by atoms with Crippen molar-refractivity contribution in [1.82, 2.24) is 4.98 Å². The van der Waals surface area contributed by atoms with Gasteiger partial charge in [0, 0.05) is 11.3 Å². The number of hydrogen-bond donors (Lipinski definition) is 0. The first kappa shape index (κ1) is 17.6. The summed E-state index contributed by atoms with van der Waals surface area (Å²) in [4.78, 5) is 20.7. The standard InChI is InChI=1S/C18H22N2O2/c1-7-10-14-11-16(19-12(4)18(14)13(5)21)15(8-2)20-17(9-3)22-6/h7-11H,2H2,1,3-6H3/b10-7-,17-9+,20-15+. The first-order chi connectivity index (χ1) is 10.5. The Bertz CT molecular complexity index is 668. The number of aryl methyl sites for hydroxylation is 1. The third-order valence-electron chi connectivity index (χ3n) is 3.07. The van der Waals surface area contributed by atoms with E-state index in [4.69, 9.17) is 4.74 Å². The van der Waals surface area contributed by atoms with Crippen LogP contribution in [0.1, 0.15) is 48.1 Å². The van der Waals surface area contributed by atoms with Crippen LogP contribution < -0.4 is 0 Å². The van der Waals surface area contributed by atoms with Crippen molar-refractivity contribution < 1.29 is 9.53 Å². The average Bonchev–Trinajstić information content (AvgIpc) is 2.48. The van der Waals surface area contributed by atoms with Crippen LogP contribution in [0.25, 0.3) is 6.08 Å². The molecule has 0 radical (unpaired) electrons. The van der Waals surface area contributed by atoms with Crippen molar-refractivity contribution in [2.75, 3.05) is 7.11 Å². The van der Waals surface area contributed by atoms with Crippen molar-refractivity contribution in [2.24, 2.45) is 4.99 Å². The number of methoxy groups -OCH3 is 1. The van der Waals surface area contributed by atoms with Gasteiger partial charge in [0.1, 0.15) is 0 Å². The van der Waals surface area contributed by atoms with Gasteiger partial charge in [-0.15, -0.1) is 0 Å². The van der Waals surface area contributed by atoms with Gasteiger partial charge in [0.15, 0.2) is 5.78 Å². The van der Waals surface area contributed by atoms with E-state index in [0.717, 1.165) is 5.56 Å². The number of aliphatic imine (C=N–C) groups is 1. The van der Waals surface area contributed by atoms with E-state index in [2.05, 4.69) is 16.6 Å². The van der Waals surface area contributed by atoms with Gasteiger partial charge in [0.05, 0.1) is 18.5 Å². The van der Waals surface area contributed by atoms with E-state index >= 15 is 0 Å². The van der Waals surface area contributed by atoms with E-state index in [-0.39, 0.29) is 5.78 Å². The van der Waals surface area contributed by atoms with Crippen molar-refractivity contribution in [2.45, 2.75) is 27.7 Å². The molecule has 0 aliphatic rings. The lowest BCUT2D eigenvalue weighted by Gasteiger charge is -2.10. The largest absolute Gasteiger partial charge is 0.481 e. The summed E-state index contributed by atoms with van der Waals surface area (Å²) < 4.78 is 5.15. The second-order valence-corrected chi connectivity index (χ2v) is 4.65. The lowest BCUT2D eigenvalue weighted by Crippen LogP contribution is -2.09. The maximum atomic E-state index is 11.8. The van der Waals surface area contributed by atoms with Crippen LogP contribution in [0.2, 0.25) is 0 Å². The number of rotatable bonds is 6. The Morgan fingerprint density at radius 3 is 2.55 bits per heavy atom. The molecule has 1 heterocycles. The molecule has 0 aromatic carbocycles. The third-order valence-corrected chi connectivity index (χ3v) is 3.07. The van der Waals surface area contributed by atoms with Gasteiger partial charge in [0.2, 0.25) is 5.88 Å². The Kier molecular flexibility index (Phi) is 6.45. The summed E-state index contributed by atoms with van der Waals surface area (Å²) in [5.41, 5.74) is 3.38. The predicted octanol–water partition coefficient (Wildman–Crippen LogP) is 4.11. The number of nitrogens with zero attached hydrogens (tertiary/aromatic N) is 2. The summed E-state index contributed by atoms with van der Waals surface area (Å²) in [6.07, 6.45) is 7.16.